The van der Waals surface area contributed by atoms with E-state index >= 15 is 0 Å². The van der Waals surface area contributed by atoms with Crippen LogP contribution in [-0.2, 0) is 4.74 Å². The zero-order valence-electron chi connectivity index (χ0n) is 14.7. The number of guanidine groups is 1. The largest absolute Gasteiger partial charge is 0.443 e. The van der Waals surface area contributed by atoms with Gasteiger partial charge in [0, 0.05) is 0 Å². The number of aliphatic imine (C=N–C) groups is 1. The second-order valence-corrected chi connectivity index (χ2v) is 7.05. The predicted molar refractivity (Wildman–Crippen MR) is 98.1 cm³/mol. The summed E-state index contributed by atoms with van der Waals surface area (Å²) in [5, 5.41) is 0. The molecule has 130 valence electrons. The normalized spacial score (nSPS) is 20.3. The van der Waals surface area contributed by atoms with Gasteiger partial charge in [-0.15, -0.1) is 0 Å². The molecule has 2 atom stereocenters. The van der Waals surface area contributed by atoms with Crippen LogP contribution in [0, 0.1) is 0 Å². The third kappa shape index (κ3) is 3.65. The SMILES string of the molecule is CC(C)(C)OC(=O)N1C(N)=NC(c2ccccc2)C1c1ccccc1. The predicted octanol–water partition coefficient (Wildman–Crippen LogP) is 4.03. The number of benzene rings is 2. The molecule has 0 aromatic heterocycles. The van der Waals surface area contributed by atoms with Gasteiger partial charge in [0.25, 0.3) is 0 Å². The summed E-state index contributed by atoms with van der Waals surface area (Å²) in [5.41, 5.74) is 7.49. The highest BCUT2D eigenvalue weighted by atomic mass is 16.6. The summed E-state index contributed by atoms with van der Waals surface area (Å²) in [6.07, 6.45) is -0.485. The first-order valence-corrected chi connectivity index (χ1v) is 8.32. The molecule has 0 radical (unpaired) electrons. The fourth-order valence-electron chi connectivity index (χ4n) is 2.97. The van der Waals surface area contributed by atoms with E-state index in [-0.39, 0.29) is 18.0 Å². The van der Waals surface area contributed by atoms with Gasteiger partial charge in [-0.25, -0.2) is 14.7 Å². The Morgan fingerprint density at radius 3 is 2.04 bits per heavy atom. The molecule has 0 spiro atoms. The Hall–Kier alpha value is -2.82. The van der Waals surface area contributed by atoms with Crippen LogP contribution in [0.15, 0.2) is 65.7 Å². The molecule has 25 heavy (non-hydrogen) atoms. The van der Waals surface area contributed by atoms with E-state index in [0.717, 1.165) is 11.1 Å². The molecule has 2 aromatic rings. The van der Waals surface area contributed by atoms with Crippen molar-refractivity contribution < 1.29 is 9.53 Å². The molecule has 1 heterocycles. The summed E-state index contributed by atoms with van der Waals surface area (Å²) in [7, 11) is 0. The molecule has 2 aromatic carbocycles. The number of amides is 1. The smallest absolute Gasteiger partial charge is 0.417 e. The van der Waals surface area contributed by atoms with Gasteiger partial charge in [0.2, 0.25) is 5.96 Å². The molecular formula is C20H23N3O2. The second kappa shape index (κ2) is 6.59. The van der Waals surface area contributed by atoms with E-state index in [4.69, 9.17) is 10.5 Å². The van der Waals surface area contributed by atoms with Gasteiger partial charge in [0.1, 0.15) is 11.6 Å². The standard InChI is InChI=1S/C20H23N3O2/c1-20(2,3)25-19(24)23-17(15-12-8-5-9-13-15)16(22-18(23)21)14-10-6-4-7-11-14/h4-13,16-17H,1-3H3,(H2,21,22). The Kier molecular flexibility index (Phi) is 4.49. The topological polar surface area (TPSA) is 67.9 Å². The lowest BCUT2D eigenvalue weighted by atomic mass is 9.94. The molecule has 3 rings (SSSR count). The van der Waals surface area contributed by atoms with Crippen molar-refractivity contribution in [2.75, 3.05) is 0 Å². The van der Waals surface area contributed by atoms with E-state index in [9.17, 15) is 4.79 Å². The number of rotatable bonds is 2. The minimum atomic E-state index is -0.608. The summed E-state index contributed by atoms with van der Waals surface area (Å²) >= 11 is 0. The molecule has 5 nitrogen and oxygen atoms in total. The van der Waals surface area contributed by atoms with Crippen LogP contribution in [0.3, 0.4) is 0 Å². The van der Waals surface area contributed by atoms with Crippen LogP contribution in [0.5, 0.6) is 0 Å². The lowest BCUT2D eigenvalue weighted by Gasteiger charge is -2.30. The van der Waals surface area contributed by atoms with Gasteiger partial charge < -0.3 is 10.5 Å². The third-order valence-corrected chi connectivity index (χ3v) is 3.97. The molecule has 1 amide bonds. The maximum Gasteiger partial charge on any atom is 0.417 e. The van der Waals surface area contributed by atoms with Gasteiger partial charge in [-0.1, -0.05) is 60.7 Å². The maximum absolute atomic E-state index is 12.8. The molecule has 0 saturated carbocycles. The van der Waals surface area contributed by atoms with Crippen LogP contribution >= 0.6 is 0 Å². The number of ether oxygens (including phenoxy) is 1. The molecule has 5 heteroatoms. The summed E-state index contributed by atoms with van der Waals surface area (Å²) in [4.78, 5) is 18.8. The van der Waals surface area contributed by atoms with Crippen molar-refractivity contribution in [1.82, 2.24) is 4.90 Å². The van der Waals surface area contributed by atoms with Crippen molar-refractivity contribution in [2.24, 2.45) is 10.7 Å². The fraction of sp³-hybridized carbons (Fsp3) is 0.300. The number of carbonyl (C=O) groups excluding carboxylic acids is 1. The number of hydrogen-bond acceptors (Lipinski definition) is 4. The Morgan fingerprint density at radius 2 is 1.52 bits per heavy atom. The molecule has 1 aliphatic heterocycles. The molecule has 0 saturated heterocycles. The highest BCUT2D eigenvalue weighted by Gasteiger charge is 2.42. The first-order valence-electron chi connectivity index (χ1n) is 8.32. The van der Waals surface area contributed by atoms with Crippen molar-refractivity contribution in [2.45, 2.75) is 38.5 Å². The minimum Gasteiger partial charge on any atom is -0.443 e. The van der Waals surface area contributed by atoms with Crippen LogP contribution in [0.4, 0.5) is 4.79 Å². The first-order chi connectivity index (χ1) is 11.9. The Morgan fingerprint density at radius 1 is 1.00 bits per heavy atom. The van der Waals surface area contributed by atoms with Crippen molar-refractivity contribution in [3.8, 4) is 0 Å². The van der Waals surface area contributed by atoms with Crippen molar-refractivity contribution >= 4 is 12.1 Å². The summed E-state index contributed by atoms with van der Waals surface area (Å²) < 4.78 is 5.55. The van der Waals surface area contributed by atoms with Gasteiger partial charge >= 0.3 is 6.09 Å². The Bertz CT molecular complexity index is 767. The number of nitrogens with two attached hydrogens (primary N) is 1. The molecule has 0 bridgehead atoms. The molecule has 2 unspecified atom stereocenters. The summed E-state index contributed by atoms with van der Waals surface area (Å²) in [6, 6.07) is 19.0. The van der Waals surface area contributed by atoms with E-state index in [1.165, 1.54) is 4.90 Å². The molecule has 0 fully saturated rings. The zero-order valence-corrected chi connectivity index (χ0v) is 14.7. The second-order valence-electron chi connectivity index (χ2n) is 7.05. The van der Waals surface area contributed by atoms with Gasteiger partial charge in [-0.2, -0.15) is 0 Å². The third-order valence-electron chi connectivity index (χ3n) is 3.97. The van der Waals surface area contributed by atoms with Crippen LogP contribution in [0.2, 0.25) is 0 Å². The van der Waals surface area contributed by atoms with Crippen molar-refractivity contribution in [3.05, 3.63) is 71.8 Å². The van der Waals surface area contributed by atoms with Gasteiger partial charge in [0.05, 0.1) is 6.04 Å². The van der Waals surface area contributed by atoms with E-state index in [0.29, 0.717) is 0 Å². The summed E-state index contributed by atoms with van der Waals surface area (Å²) in [5.74, 6) is 0.178. The van der Waals surface area contributed by atoms with Gasteiger partial charge in [0.15, 0.2) is 0 Å². The first kappa shape index (κ1) is 17.0. The quantitative estimate of drug-likeness (QED) is 0.899. The van der Waals surface area contributed by atoms with Crippen LogP contribution < -0.4 is 5.73 Å². The number of carbonyl (C=O) groups is 1. The number of nitrogens with zero attached hydrogens (tertiary/aromatic N) is 2. The lowest BCUT2D eigenvalue weighted by Crippen LogP contribution is -2.44. The molecule has 1 aliphatic rings. The molecule has 2 N–H and O–H groups in total. The average molecular weight is 337 g/mol. The van der Waals surface area contributed by atoms with E-state index < -0.39 is 11.7 Å². The van der Waals surface area contributed by atoms with Gasteiger partial charge in [-0.3, -0.25) is 0 Å². The fourth-order valence-corrected chi connectivity index (χ4v) is 2.97. The van der Waals surface area contributed by atoms with Crippen LogP contribution in [0.25, 0.3) is 0 Å². The Balaban J connectivity index is 2.02. The summed E-state index contributed by atoms with van der Waals surface area (Å²) in [6.45, 7) is 5.50. The maximum atomic E-state index is 12.8. The van der Waals surface area contributed by atoms with E-state index in [1.807, 2.05) is 81.4 Å². The van der Waals surface area contributed by atoms with E-state index in [2.05, 4.69) is 4.99 Å². The molecular weight excluding hydrogens is 314 g/mol. The zero-order chi connectivity index (χ0) is 18.0. The van der Waals surface area contributed by atoms with Crippen LogP contribution in [-0.4, -0.2) is 22.6 Å². The minimum absolute atomic E-state index is 0.178. The number of hydrogen-bond donors (Lipinski definition) is 1. The highest BCUT2D eigenvalue weighted by Crippen LogP contribution is 2.41. The van der Waals surface area contributed by atoms with E-state index in [1.54, 1.807) is 0 Å². The average Bonchev–Trinajstić information content (AvgIpc) is 2.92. The highest BCUT2D eigenvalue weighted by molar-refractivity contribution is 5.95. The Labute approximate surface area is 148 Å². The molecule has 0 aliphatic carbocycles. The van der Waals surface area contributed by atoms with Crippen LogP contribution in [0.1, 0.15) is 44.0 Å². The van der Waals surface area contributed by atoms with Crippen molar-refractivity contribution in [3.63, 3.8) is 0 Å². The van der Waals surface area contributed by atoms with Crippen molar-refractivity contribution in [1.29, 1.82) is 0 Å². The van der Waals surface area contributed by atoms with Gasteiger partial charge in [-0.05, 0) is 31.9 Å². The lowest BCUT2D eigenvalue weighted by molar-refractivity contribution is 0.0314. The monoisotopic (exact) mass is 337 g/mol.